The molecule has 2 aromatic rings. The fourth-order valence-electron chi connectivity index (χ4n) is 4.03. The van der Waals surface area contributed by atoms with Crippen molar-refractivity contribution in [1.29, 1.82) is 0 Å². The van der Waals surface area contributed by atoms with E-state index in [0.29, 0.717) is 44.8 Å². The van der Waals surface area contributed by atoms with Gasteiger partial charge in [0.2, 0.25) is 5.91 Å². The summed E-state index contributed by atoms with van der Waals surface area (Å²) in [5, 5.41) is 0. The van der Waals surface area contributed by atoms with Crippen molar-refractivity contribution < 1.29 is 18.7 Å². The lowest BCUT2D eigenvalue weighted by atomic mass is 10.0. The summed E-state index contributed by atoms with van der Waals surface area (Å²) < 4.78 is 18.6. The highest BCUT2D eigenvalue weighted by Crippen LogP contribution is 2.25. The summed E-state index contributed by atoms with van der Waals surface area (Å²) in [4.78, 5) is 29.0. The van der Waals surface area contributed by atoms with Crippen LogP contribution in [0.15, 0.2) is 48.5 Å². The van der Waals surface area contributed by atoms with Crippen LogP contribution in [0, 0.1) is 5.82 Å². The lowest BCUT2D eigenvalue weighted by Gasteiger charge is -2.36. The molecule has 31 heavy (non-hydrogen) atoms. The quantitative estimate of drug-likeness (QED) is 0.766. The molecule has 2 amide bonds. The highest BCUT2D eigenvalue weighted by atomic mass is 19.1. The molecule has 7 nitrogen and oxygen atoms in total. The summed E-state index contributed by atoms with van der Waals surface area (Å²) in [7, 11) is 0. The first kappa shape index (κ1) is 21.3. The molecule has 0 radical (unpaired) electrons. The predicted molar refractivity (Wildman–Crippen MR) is 114 cm³/mol. The number of rotatable bonds is 5. The number of ether oxygens (including phenoxy) is 1. The molecule has 2 saturated heterocycles. The van der Waals surface area contributed by atoms with Crippen LogP contribution in [0.2, 0.25) is 0 Å². The molecule has 2 atom stereocenters. The van der Waals surface area contributed by atoms with Gasteiger partial charge in [0.05, 0.1) is 6.61 Å². The first-order valence-corrected chi connectivity index (χ1v) is 10.6. The van der Waals surface area contributed by atoms with Crippen molar-refractivity contribution in [3.05, 3.63) is 65.5 Å². The number of nitrogens with one attached hydrogen (secondary N) is 2. The Morgan fingerprint density at radius 2 is 1.61 bits per heavy atom. The number of hydrazine groups is 1. The molecule has 0 aromatic heterocycles. The van der Waals surface area contributed by atoms with Gasteiger partial charge in [-0.1, -0.05) is 12.1 Å². The van der Waals surface area contributed by atoms with Gasteiger partial charge in [0.15, 0.2) is 0 Å². The standard InChI is InChI=1S/C23H27FN4O3/c1-2-31-19-9-5-16(6-10-19)20-15-21(26-25-20)23(30)28-13-11-27(12-14-28)22(29)17-3-7-18(24)8-4-17/h3-10,20-21,25-26H,2,11-15H2,1H3. The number of nitrogens with zero attached hydrogens (tertiary/aromatic N) is 2. The Bertz CT molecular complexity index is 911. The molecule has 2 fully saturated rings. The van der Waals surface area contributed by atoms with Crippen molar-refractivity contribution in [1.82, 2.24) is 20.7 Å². The van der Waals surface area contributed by atoms with Crippen LogP contribution in [0.4, 0.5) is 4.39 Å². The van der Waals surface area contributed by atoms with Gasteiger partial charge in [0, 0.05) is 37.8 Å². The van der Waals surface area contributed by atoms with Crippen LogP contribution < -0.4 is 15.6 Å². The van der Waals surface area contributed by atoms with E-state index in [2.05, 4.69) is 10.9 Å². The number of benzene rings is 2. The molecule has 2 aliphatic rings. The van der Waals surface area contributed by atoms with E-state index in [1.165, 1.54) is 24.3 Å². The largest absolute Gasteiger partial charge is 0.494 e. The van der Waals surface area contributed by atoms with Crippen LogP contribution in [-0.2, 0) is 4.79 Å². The summed E-state index contributed by atoms with van der Waals surface area (Å²) in [5.41, 5.74) is 7.89. The van der Waals surface area contributed by atoms with E-state index in [1.807, 2.05) is 31.2 Å². The minimum atomic E-state index is -0.367. The number of piperazine rings is 1. The molecule has 0 saturated carbocycles. The minimum absolute atomic E-state index is 0.0369. The first-order valence-electron chi connectivity index (χ1n) is 10.6. The van der Waals surface area contributed by atoms with Gasteiger partial charge in [-0.2, -0.15) is 0 Å². The minimum Gasteiger partial charge on any atom is -0.494 e. The SMILES string of the molecule is CCOc1ccc(C2CC(C(=O)N3CCN(C(=O)c4ccc(F)cc4)CC3)NN2)cc1. The van der Waals surface area contributed by atoms with Gasteiger partial charge in [0.25, 0.3) is 5.91 Å². The number of hydrogen-bond acceptors (Lipinski definition) is 5. The number of carbonyl (C=O) groups excluding carboxylic acids is 2. The molecule has 0 spiro atoms. The molecule has 2 unspecified atom stereocenters. The zero-order valence-electron chi connectivity index (χ0n) is 17.5. The molecule has 0 aliphatic carbocycles. The molecule has 8 heteroatoms. The topological polar surface area (TPSA) is 73.9 Å². The van der Waals surface area contributed by atoms with Crippen LogP contribution in [0.25, 0.3) is 0 Å². The third kappa shape index (κ3) is 4.86. The molecule has 164 valence electrons. The monoisotopic (exact) mass is 426 g/mol. The molecular formula is C23H27FN4O3. The van der Waals surface area contributed by atoms with Gasteiger partial charge in [0.1, 0.15) is 17.6 Å². The summed E-state index contributed by atoms with van der Waals surface area (Å²) >= 11 is 0. The second kappa shape index (κ2) is 9.45. The maximum atomic E-state index is 13.1. The van der Waals surface area contributed by atoms with E-state index in [0.717, 1.165) is 11.3 Å². The molecular weight excluding hydrogens is 399 g/mol. The summed E-state index contributed by atoms with van der Waals surface area (Å²) in [5.74, 6) is 0.365. The fraction of sp³-hybridized carbons (Fsp3) is 0.391. The van der Waals surface area contributed by atoms with E-state index in [-0.39, 0.29) is 29.7 Å². The maximum Gasteiger partial charge on any atom is 0.253 e. The molecule has 4 rings (SSSR count). The van der Waals surface area contributed by atoms with Crippen molar-refractivity contribution in [3.8, 4) is 5.75 Å². The smallest absolute Gasteiger partial charge is 0.253 e. The molecule has 0 bridgehead atoms. The zero-order chi connectivity index (χ0) is 21.8. The van der Waals surface area contributed by atoms with Gasteiger partial charge < -0.3 is 14.5 Å². The van der Waals surface area contributed by atoms with Crippen molar-refractivity contribution >= 4 is 11.8 Å². The Morgan fingerprint density at radius 3 is 2.26 bits per heavy atom. The fourth-order valence-corrected chi connectivity index (χ4v) is 4.03. The lowest BCUT2D eigenvalue weighted by molar-refractivity contribution is -0.134. The summed E-state index contributed by atoms with van der Waals surface area (Å²) in [6.45, 7) is 4.47. The second-order valence-electron chi connectivity index (χ2n) is 7.76. The lowest BCUT2D eigenvalue weighted by Crippen LogP contribution is -2.54. The van der Waals surface area contributed by atoms with Crippen molar-refractivity contribution in [2.75, 3.05) is 32.8 Å². The van der Waals surface area contributed by atoms with Crippen molar-refractivity contribution in [2.45, 2.75) is 25.4 Å². The molecule has 2 aliphatic heterocycles. The molecule has 2 aromatic carbocycles. The second-order valence-corrected chi connectivity index (χ2v) is 7.76. The Labute approximate surface area is 181 Å². The van der Waals surface area contributed by atoms with E-state index in [4.69, 9.17) is 4.74 Å². The zero-order valence-corrected chi connectivity index (χ0v) is 17.5. The van der Waals surface area contributed by atoms with Crippen LogP contribution >= 0.6 is 0 Å². The maximum absolute atomic E-state index is 13.1. The number of carbonyl (C=O) groups is 2. The van der Waals surface area contributed by atoms with E-state index < -0.39 is 0 Å². The number of hydrogen-bond donors (Lipinski definition) is 2. The molecule has 2 N–H and O–H groups in total. The van der Waals surface area contributed by atoms with Crippen LogP contribution in [0.5, 0.6) is 5.75 Å². The third-order valence-electron chi connectivity index (χ3n) is 5.76. The number of amides is 2. The normalized spacial score (nSPS) is 21.2. The highest BCUT2D eigenvalue weighted by Gasteiger charge is 2.34. The third-order valence-corrected chi connectivity index (χ3v) is 5.76. The van der Waals surface area contributed by atoms with Crippen LogP contribution in [-0.4, -0.2) is 60.4 Å². The van der Waals surface area contributed by atoms with Crippen molar-refractivity contribution in [3.63, 3.8) is 0 Å². The number of halogens is 1. The van der Waals surface area contributed by atoms with Gasteiger partial charge in [-0.25, -0.2) is 15.2 Å². The van der Waals surface area contributed by atoms with Gasteiger partial charge in [-0.15, -0.1) is 0 Å². The Morgan fingerprint density at radius 1 is 0.968 bits per heavy atom. The predicted octanol–water partition coefficient (Wildman–Crippen LogP) is 2.12. The Balaban J connectivity index is 1.29. The summed E-state index contributed by atoms with van der Waals surface area (Å²) in [6.07, 6.45) is 0.654. The molecule has 2 heterocycles. The van der Waals surface area contributed by atoms with Crippen LogP contribution in [0.1, 0.15) is 35.3 Å². The van der Waals surface area contributed by atoms with Crippen molar-refractivity contribution in [2.24, 2.45) is 0 Å². The summed E-state index contributed by atoms with van der Waals surface area (Å²) in [6, 6.07) is 13.2. The average Bonchev–Trinajstić information content (AvgIpc) is 3.30. The average molecular weight is 426 g/mol. The highest BCUT2D eigenvalue weighted by molar-refractivity contribution is 5.94. The van der Waals surface area contributed by atoms with Gasteiger partial charge >= 0.3 is 0 Å². The van der Waals surface area contributed by atoms with E-state index in [9.17, 15) is 14.0 Å². The van der Waals surface area contributed by atoms with Gasteiger partial charge in [-0.3, -0.25) is 9.59 Å². The Hall–Kier alpha value is -2.97. The Kier molecular flexibility index (Phi) is 6.48. The van der Waals surface area contributed by atoms with E-state index >= 15 is 0 Å². The van der Waals surface area contributed by atoms with Gasteiger partial charge in [-0.05, 0) is 55.3 Å². The van der Waals surface area contributed by atoms with Crippen LogP contribution in [0.3, 0.4) is 0 Å². The van der Waals surface area contributed by atoms with E-state index in [1.54, 1.807) is 9.80 Å². The first-order chi connectivity index (χ1) is 15.0.